The minimum atomic E-state index is 0.480. The molecule has 54 valence electrons. The zero-order chi connectivity index (χ0) is 7.56. The molecule has 0 saturated carbocycles. The number of halogens is 2. The summed E-state index contributed by atoms with van der Waals surface area (Å²) in [6.45, 7) is 1.94. The molecule has 1 rings (SSSR count). The molecule has 1 nitrogen and oxygen atoms in total. The highest BCUT2D eigenvalue weighted by Gasteiger charge is 1.96. The van der Waals surface area contributed by atoms with Gasteiger partial charge in [0.15, 0.2) is 0 Å². The molecule has 0 aromatic carbocycles. The molecule has 0 aliphatic heterocycles. The lowest BCUT2D eigenvalue weighted by molar-refractivity contribution is 1.09. The Balaban J connectivity index is 3.04. The maximum atomic E-state index is 5.57. The first-order valence-corrected chi connectivity index (χ1v) is 4.25. The minimum Gasteiger partial charge on any atom is -0.256 e. The Morgan fingerprint density at radius 3 is 2.80 bits per heavy atom. The van der Waals surface area contributed by atoms with Crippen LogP contribution in [0.3, 0.4) is 0 Å². The van der Waals surface area contributed by atoms with E-state index in [1.54, 1.807) is 0 Å². The van der Waals surface area contributed by atoms with Crippen molar-refractivity contribution in [1.29, 1.82) is 0 Å². The first kappa shape index (κ1) is 8.02. The third kappa shape index (κ3) is 1.70. The van der Waals surface area contributed by atoms with Crippen molar-refractivity contribution in [2.75, 3.05) is 0 Å². The second-order valence-corrected chi connectivity index (χ2v) is 3.13. The molecule has 0 aliphatic carbocycles. The van der Waals surface area contributed by atoms with Gasteiger partial charge in [-0.3, -0.25) is 4.98 Å². The molecule has 0 bridgehead atoms. The average Bonchev–Trinajstić information content (AvgIpc) is 1.95. The molecule has 0 radical (unpaired) electrons. The summed E-state index contributed by atoms with van der Waals surface area (Å²) < 4.78 is 1.03. The smallest absolute Gasteiger partial charge is 0.0647 e. The lowest BCUT2D eigenvalue weighted by Gasteiger charge is -1.98. The van der Waals surface area contributed by atoms with E-state index in [1.807, 2.05) is 19.1 Å². The molecule has 0 fully saturated rings. The van der Waals surface area contributed by atoms with Crippen molar-refractivity contribution in [2.45, 2.75) is 12.8 Å². The van der Waals surface area contributed by atoms with Gasteiger partial charge >= 0.3 is 0 Å². The minimum absolute atomic E-state index is 0.480. The molecule has 1 heterocycles. The summed E-state index contributed by atoms with van der Waals surface area (Å²) in [5, 5.41) is 0. The van der Waals surface area contributed by atoms with Gasteiger partial charge in [-0.2, -0.15) is 0 Å². The molecule has 1 aromatic heterocycles. The maximum Gasteiger partial charge on any atom is 0.0647 e. The molecule has 0 aliphatic rings. The Morgan fingerprint density at radius 2 is 2.30 bits per heavy atom. The van der Waals surface area contributed by atoms with E-state index in [4.69, 9.17) is 11.6 Å². The van der Waals surface area contributed by atoms with Crippen LogP contribution in [0.2, 0.25) is 0 Å². The number of aromatic nitrogens is 1. The molecule has 10 heavy (non-hydrogen) atoms. The lowest BCUT2D eigenvalue weighted by Crippen LogP contribution is -1.88. The zero-order valence-corrected chi connectivity index (χ0v) is 7.91. The normalized spacial score (nSPS) is 9.90. The summed E-state index contributed by atoms with van der Waals surface area (Å²) in [6, 6.07) is 3.87. The van der Waals surface area contributed by atoms with E-state index < -0.39 is 0 Å². The summed E-state index contributed by atoms with van der Waals surface area (Å²) in [5.41, 5.74) is 1.90. The molecular formula is C7H7BrClN. The second-order valence-electron chi connectivity index (χ2n) is 2.00. The van der Waals surface area contributed by atoms with Crippen molar-refractivity contribution in [1.82, 2.24) is 4.98 Å². The van der Waals surface area contributed by atoms with E-state index in [0.29, 0.717) is 5.88 Å². The van der Waals surface area contributed by atoms with E-state index in [1.165, 1.54) is 0 Å². The van der Waals surface area contributed by atoms with Crippen LogP contribution in [0.5, 0.6) is 0 Å². The molecule has 0 atom stereocenters. The van der Waals surface area contributed by atoms with Crippen LogP contribution in [0.4, 0.5) is 0 Å². The molecule has 0 saturated heterocycles. The van der Waals surface area contributed by atoms with Crippen LogP contribution >= 0.6 is 27.5 Å². The van der Waals surface area contributed by atoms with Gasteiger partial charge in [-0.05, 0) is 35.0 Å². The van der Waals surface area contributed by atoms with E-state index >= 15 is 0 Å². The van der Waals surface area contributed by atoms with Crippen molar-refractivity contribution in [3.8, 4) is 0 Å². The van der Waals surface area contributed by atoms with Gasteiger partial charge in [0.1, 0.15) is 0 Å². The van der Waals surface area contributed by atoms with Crippen LogP contribution in [-0.4, -0.2) is 4.98 Å². The first-order valence-electron chi connectivity index (χ1n) is 2.92. The third-order valence-electron chi connectivity index (χ3n) is 1.22. The number of aryl methyl sites for hydroxylation is 1. The first-order chi connectivity index (χ1) is 4.74. The standard InChI is InChI=1S/C7H7BrClN/c1-5-7(8)3-2-6(4-9)10-5/h2-3H,4H2,1H3. The fraction of sp³-hybridized carbons (Fsp3) is 0.286. The van der Waals surface area contributed by atoms with Gasteiger partial charge in [-0.25, -0.2) is 0 Å². The van der Waals surface area contributed by atoms with E-state index in [0.717, 1.165) is 15.9 Å². The van der Waals surface area contributed by atoms with Crippen molar-refractivity contribution < 1.29 is 0 Å². The predicted molar refractivity (Wildman–Crippen MR) is 46.2 cm³/mol. The van der Waals surface area contributed by atoms with Crippen molar-refractivity contribution in [2.24, 2.45) is 0 Å². The highest BCUT2D eigenvalue weighted by molar-refractivity contribution is 9.10. The largest absolute Gasteiger partial charge is 0.256 e. The number of nitrogens with zero attached hydrogens (tertiary/aromatic N) is 1. The fourth-order valence-corrected chi connectivity index (χ4v) is 1.04. The Hall–Kier alpha value is -0.0800. The third-order valence-corrected chi connectivity index (χ3v) is 2.33. The SMILES string of the molecule is Cc1nc(CCl)ccc1Br. The highest BCUT2D eigenvalue weighted by Crippen LogP contribution is 2.14. The summed E-state index contributed by atoms with van der Waals surface area (Å²) in [6.07, 6.45) is 0. The summed E-state index contributed by atoms with van der Waals surface area (Å²) in [4.78, 5) is 4.21. The molecule has 3 heteroatoms. The molecule has 0 spiro atoms. The molecule has 0 unspecified atom stereocenters. The predicted octanol–water partition coefficient (Wildman–Crippen LogP) is 2.89. The molecule has 0 amide bonds. The Labute approximate surface area is 73.6 Å². The van der Waals surface area contributed by atoms with Crippen LogP contribution in [-0.2, 0) is 5.88 Å². The van der Waals surface area contributed by atoms with Crippen LogP contribution in [0.15, 0.2) is 16.6 Å². The average molecular weight is 220 g/mol. The van der Waals surface area contributed by atoms with E-state index in [9.17, 15) is 0 Å². The van der Waals surface area contributed by atoms with Crippen molar-refractivity contribution in [3.63, 3.8) is 0 Å². The number of hydrogen-bond acceptors (Lipinski definition) is 1. The molecule has 1 aromatic rings. The van der Waals surface area contributed by atoms with Crippen molar-refractivity contribution in [3.05, 3.63) is 28.0 Å². The Morgan fingerprint density at radius 1 is 1.60 bits per heavy atom. The highest BCUT2D eigenvalue weighted by atomic mass is 79.9. The quantitative estimate of drug-likeness (QED) is 0.663. The summed E-state index contributed by atoms with van der Waals surface area (Å²) in [7, 11) is 0. The van der Waals surface area contributed by atoms with Crippen LogP contribution in [0.1, 0.15) is 11.4 Å². The second kappa shape index (κ2) is 3.35. The van der Waals surface area contributed by atoms with Gasteiger partial charge in [0.25, 0.3) is 0 Å². The van der Waals surface area contributed by atoms with E-state index in [2.05, 4.69) is 20.9 Å². The molecule has 0 N–H and O–H groups in total. The number of alkyl halides is 1. The van der Waals surface area contributed by atoms with Crippen LogP contribution < -0.4 is 0 Å². The van der Waals surface area contributed by atoms with Gasteiger partial charge in [-0.15, -0.1) is 11.6 Å². The van der Waals surface area contributed by atoms with Crippen LogP contribution in [0, 0.1) is 6.92 Å². The number of pyridine rings is 1. The van der Waals surface area contributed by atoms with E-state index in [-0.39, 0.29) is 0 Å². The van der Waals surface area contributed by atoms with Gasteiger partial charge < -0.3 is 0 Å². The monoisotopic (exact) mass is 219 g/mol. The van der Waals surface area contributed by atoms with Gasteiger partial charge in [-0.1, -0.05) is 0 Å². The van der Waals surface area contributed by atoms with Crippen molar-refractivity contribution >= 4 is 27.5 Å². The Bertz CT molecular complexity index is 237. The number of rotatable bonds is 1. The van der Waals surface area contributed by atoms with Gasteiger partial charge in [0.2, 0.25) is 0 Å². The summed E-state index contributed by atoms with van der Waals surface area (Å²) in [5.74, 6) is 0.480. The topological polar surface area (TPSA) is 12.9 Å². The fourth-order valence-electron chi connectivity index (χ4n) is 0.670. The van der Waals surface area contributed by atoms with Gasteiger partial charge in [0.05, 0.1) is 17.3 Å². The lowest BCUT2D eigenvalue weighted by atomic mass is 10.3. The Kier molecular flexibility index (Phi) is 2.69. The summed E-state index contributed by atoms with van der Waals surface area (Å²) >= 11 is 8.93. The molecular weight excluding hydrogens is 213 g/mol. The number of hydrogen-bond donors (Lipinski definition) is 0. The zero-order valence-electron chi connectivity index (χ0n) is 5.56. The van der Waals surface area contributed by atoms with Gasteiger partial charge in [0, 0.05) is 4.47 Å². The van der Waals surface area contributed by atoms with Crippen LogP contribution in [0.25, 0.3) is 0 Å². The maximum absolute atomic E-state index is 5.57.